The first kappa shape index (κ1) is 12.4. The molecule has 0 fully saturated rings. The van der Waals surface area contributed by atoms with Crippen LogP contribution in [0.15, 0.2) is 48.5 Å². The third kappa shape index (κ3) is 1.75. The SMILES string of the molecule is Cc1cccc2c1cc(CC#N)c1c3ccccc3sc21. The molecule has 100 valence electrons. The summed E-state index contributed by atoms with van der Waals surface area (Å²) in [5.74, 6) is 0. The van der Waals surface area contributed by atoms with E-state index < -0.39 is 0 Å². The van der Waals surface area contributed by atoms with Crippen molar-refractivity contribution in [3.8, 4) is 6.07 Å². The minimum absolute atomic E-state index is 0.460. The Labute approximate surface area is 127 Å². The number of nitriles is 1. The molecule has 0 saturated heterocycles. The summed E-state index contributed by atoms with van der Waals surface area (Å²) >= 11 is 1.83. The van der Waals surface area contributed by atoms with E-state index in [0.29, 0.717) is 6.42 Å². The highest BCUT2D eigenvalue weighted by Gasteiger charge is 2.13. The zero-order chi connectivity index (χ0) is 14.4. The molecule has 1 nitrogen and oxygen atoms in total. The Morgan fingerprint density at radius 2 is 1.81 bits per heavy atom. The van der Waals surface area contributed by atoms with Crippen molar-refractivity contribution in [1.82, 2.24) is 0 Å². The van der Waals surface area contributed by atoms with Gasteiger partial charge in [-0.2, -0.15) is 5.26 Å². The van der Waals surface area contributed by atoms with Crippen LogP contribution in [0.5, 0.6) is 0 Å². The Kier molecular flexibility index (Phi) is 2.70. The first-order chi connectivity index (χ1) is 10.3. The van der Waals surface area contributed by atoms with Gasteiger partial charge in [-0.25, -0.2) is 0 Å². The molecule has 0 spiro atoms. The molecule has 0 aliphatic rings. The molecule has 3 aromatic carbocycles. The predicted molar refractivity (Wildman–Crippen MR) is 90.9 cm³/mol. The molecule has 0 N–H and O–H groups in total. The molecule has 1 heterocycles. The number of hydrogen-bond acceptors (Lipinski definition) is 2. The van der Waals surface area contributed by atoms with E-state index in [-0.39, 0.29) is 0 Å². The van der Waals surface area contributed by atoms with Crippen molar-refractivity contribution >= 4 is 42.3 Å². The van der Waals surface area contributed by atoms with Crippen molar-refractivity contribution in [2.24, 2.45) is 0 Å². The predicted octanol–water partition coefficient (Wildman–Crippen LogP) is 5.58. The zero-order valence-corrected chi connectivity index (χ0v) is 12.5. The lowest BCUT2D eigenvalue weighted by Crippen LogP contribution is -1.87. The minimum atomic E-state index is 0.460. The molecule has 0 atom stereocenters. The van der Waals surface area contributed by atoms with Crippen LogP contribution in [-0.2, 0) is 6.42 Å². The summed E-state index contributed by atoms with van der Waals surface area (Å²) in [6.07, 6.45) is 0.460. The third-order valence-electron chi connectivity index (χ3n) is 4.07. The molecule has 2 heteroatoms. The fourth-order valence-corrected chi connectivity index (χ4v) is 4.37. The van der Waals surface area contributed by atoms with E-state index in [1.807, 2.05) is 11.3 Å². The average Bonchev–Trinajstić information content (AvgIpc) is 2.89. The van der Waals surface area contributed by atoms with Crippen LogP contribution in [0.3, 0.4) is 0 Å². The molecule has 0 radical (unpaired) electrons. The second-order valence-corrected chi connectivity index (χ2v) is 6.40. The highest BCUT2D eigenvalue weighted by Crippen LogP contribution is 2.41. The lowest BCUT2D eigenvalue weighted by Gasteiger charge is -2.07. The summed E-state index contributed by atoms with van der Waals surface area (Å²) in [6.45, 7) is 2.14. The van der Waals surface area contributed by atoms with Crippen LogP contribution >= 0.6 is 11.3 Å². The van der Waals surface area contributed by atoms with E-state index in [0.717, 1.165) is 5.56 Å². The van der Waals surface area contributed by atoms with Crippen LogP contribution in [0, 0.1) is 18.3 Å². The second-order valence-electron chi connectivity index (χ2n) is 5.34. The van der Waals surface area contributed by atoms with Crippen molar-refractivity contribution in [3.05, 3.63) is 59.7 Å². The molecular formula is C19H13NS. The molecule has 1 aromatic heterocycles. The maximum atomic E-state index is 9.18. The standard InChI is InChI=1S/C19H13NS/c1-12-5-4-7-14-16(12)11-13(9-10-20)18-15-6-2-3-8-17(15)21-19(14)18/h2-8,11H,9H2,1H3. The fraction of sp³-hybridized carbons (Fsp3) is 0.105. The van der Waals surface area contributed by atoms with E-state index >= 15 is 0 Å². The van der Waals surface area contributed by atoms with Gasteiger partial charge in [0.25, 0.3) is 0 Å². The van der Waals surface area contributed by atoms with Crippen molar-refractivity contribution in [2.45, 2.75) is 13.3 Å². The number of aryl methyl sites for hydroxylation is 1. The molecule has 21 heavy (non-hydrogen) atoms. The first-order valence-electron chi connectivity index (χ1n) is 6.99. The molecular weight excluding hydrogens is 274 g/mol. The van der Waals surface area contributed by atoms with E-state index in [1.165, 1.54) is 36.5 Å². The molecule has 4 aromatic rings. The zero-order valence-electron chi connectivity index (χ0n) is 11.7. The van der Waals surface area contributed by atoms with Gasteiger partial charge in [-0.15, -0.1) is 11.3 Å². The largest absolute Gasteiger partial charge is 0.198 e. The van der Waals surface area contributed by atoms with Gasteiger partial charge in [0.05, 0.1) is 12.5 Å². The molecule has 0 aliphatic heterocycles. The van der Waals surface area contributed by atoms with E-state index in [4.69, 9.17) is 0 Å². The van der Waals surface area contributed by atoms with Gasteiger partial charge in [-0.3, -0.25) is 0 Å². The molecule has 0 aliphatic carbocycles. The summed E-state index contributed by atoms with van der Waals surface area (Å²) in [4.78, 5) is 0. The van der Waals surface area contributed by atoms with E-state index in [2.05, 4.69) is 61.5 Å². The average molecular weight is 287 g/mol. The van der Waals surface area contributed by atoms with Crippen molar-refractivity contribution < 1.29 is 0 Å². The Balaban J connectivity index is 2.31. The smallest absolute Gasteiger partial charge is 0.0669 e. The van der Waals surface area contributed by atoms with Crippen LogP contribution in [-0.4, -0.2) is 0 Å². The number of fused-ring (bicyclic) bond motifs is 5. The van der Waals surface area contributed by atoms with E-state index in [9.17, 15) is 5.26 Å². The summed E-state index contributed by atoms with van der Waals surface area (Å²) in [5.41, 5.74) is 2.41. The van der Waals surface area contributed by atoms with Gasteiger partial charge in [0, 0.05) is 20.2 Å². The van der Waals surface area contributed by atoms with Gasteiger partial charge in [0.1, 0.15) is 0 Å². The second kappa shape index (κ2) is 4.58. The van der Waals surface area contributed by atoms with Gasteiger partial charge < -0.3 is 0 Å². The number of rotatable bonds is 1. The van der Waals surface area contributed by atoms with Crippen LogP contribution in [0.2, 0.25) is 0 Å². The molecule has 0 saturated carbocycles. The van der Waals surface area contributed by atoms with Gasteiger partial charge >= 0.3 is 0 Å². The van der Waals surface area contributed by atoms with Crippen molar-refractivity contribution in [1.29, 1.82) is 5.26 Å². The van der Waals surface area contributed by atoms with Gasteiger partial charge in [-0.05, 0) is 41.0 Å². The Bertz CT molecular complexity index is 1030. The lowest BCUT2D eigenvalue weighted by atomic mass is 9.97. The molecule has 0 bridgehead atoms. The highest BCUT2D eigenvalue weighted by atomic mass is 32.1. The monoisotopic (exact) mass is 287 g/mol. The molecule has 4 rings (SSSR count). The van der Waals surface area contributed by atoms with Crippen molar-refractivity contribution in [3.63, 3.8) is 0 Å². The lowest BCUT2D eigenvalue weighted by molar-refractivity contribution is 1.30. The normalized spacial score (nSPS) is 11.2. The topological polar surface area (TPSA) is 23.8 Å². The van der Waals surface area contributed by atoms with Crippen LogP contribution in [0.4, 0.5) is 0 Å². The number of thiophene rings is 1. The van der Waals surface area contributed by atoms with Crippen LogP contribution in [0.25, 0.3) is 30.9 Å². The molecule has 0 amide bonds. The number of benzene rings is 3. The maximum Gasteiger partial charge on any atom is 0.0669 e. The van der Waals surface area contributed by atoms with Crippen LogP contribution < -0.4 is 0 Å². The summed E-state index contributed by atoms with van der Waals surface area (Å²) in [6, 6.07) is 19.4. The quantitative estimate of drug-likeness (QED) is 0.448. The minimum Gasteiger partial charge on any atom is -0.198 e. The molecule has 0 unspecified atom stereocenters. The Hall–Kier alpha value is -2.37. The van der Waals surface area contributed by atoms with Gasteiger partial charge in [-0.1, -0.05) is 36.4 Å². The van der Waals surface area contributed by atoms with E-state index in [1.54, 1.807) is 0 Å². The van der Waals surface area contributed by atoms with Crippen LogP contribution in [0.1, 0.15) is 11.1 Å². The first-order valence-corrected chi connectivity index (χ1v) is 7.80. The third-order valence-corrected chi connectivity index (χ3v) is 5.28. The van der Waals surface area contributed by atoms with Crippen molar-refractivity contribution in [2.75, 3.05) is 0 Å². The summed E-state index contributed by atoms with van der Waals surface area (Å²) in [7, 11) is 0. The van der Waals surface area contributed by atoms with Gasteiger partial charge in [0.2, 0.25) is 0 Å². The summed E-state index contributed by atoms with van der Waals surface area (Å²) < 4.78 is 2.60. The summed E-state index contributed by atoms with van der Waals surface area (Å²) in [5, 5.41) is 14.3. The maximum absolute atomic E-state index is 9.18. The fourth-order valence-electron chi connectivity index (χ4n) is 3.10. The highest BCUT2D eigenvalue weighted by molar-refractivity contribution is 7.26. The Morgan fingerprint density at radius 3 is 2.67 bits per heavy atom. The number of nitrogens with zero attached hydrogens (tertiary/aromatic N) is 1. The Morgan fingerprint density at radius 1 is 1.00 bits per heavy atom. The van der Waals surface area contributed by atoms with Gasteiger partial charge in [0.15, 0.2) is 0 Å². The number of hydrogen-bond donors (Lipinski definition) is 0.